The summed E-state index contributed by atoms with van der Waals surface area (Å²) in [5.74, 6) is 0.573. The Morgan fingerprint density at radius 3 is 2.37 bits per heavy atom. The molecule has 2 aliphatic heterocycles. The van der Waals surface area contributed by atoms with Crippen molar-refractivity contribution in [1.29, 1.82) is 0 Å². The van der Waals surface area contributed by atoms with Gasteiger partial charge in [0.15, 0.2) is 0 Å². The number of benzene rings is 2. The number of carboxylic acid groups (broad SMARTS) is 1. The fourth-order valence-electron chi connectivity index (χ4n) is 6.76. The summed E-state index contributed by atoms with van der Waals surface area (Å²) < 4.78 is 0. The molecule has 4 N–H and O–H groups in total. The van der Waals surface area contributed by atoms with Gasteiger partial charge in [0.05, 0.1) is 6.04 Å². The first-order valence-corrected chi connectivity index (χ1v) is 14.8. The van der Waals surface area contributed by atoms with Crippen LogP contribution in [0.15, 0.2) is 42.5 Å². The number of amides is 2. The predicted octanol–water partition coefficient (Wildman–Crippen LogP) is 5.53. The van der Waals surface area contributed by atoms with Gasteiger partial charge in [0.1, 0.15) is 17.5 Å². The molecule has 41 heavy (non-hydrogen) atoms. The second-order valence-electron chi connectivity index (χ2n) is 13.8. The van der Waals surface area contributed by atoms with Gasteiger partial charge in [-0.2, -0.15) is 0 Å². The summed E-state index contributed by atoms with van der Waals surface area (Å²) in [6.07, 6.45) is 0.0490. The number of hydrogen-bond acceptors (Lipinski definition) is 5. The third-order valence-corrected chi connectivity index (χ3v) is 9.46. The number of hydrogen-bond donors (Lipinski definition) is 4. The number of phenols is 2. The van der Waals surface area contributed by atoms with Gasteiger partial charge in [-0.05, 0) is 76.6 Å². The first-order chi connectivity index (χ1) is 19.1. The van der Waals surface area contributed by atoms with Crippen LogP contribution < -0.4 is 5.32 Å². The highest BCUT2D eigenvalue weighted by molar-refractivity contribution is 5.87. The molecule has 2 amide bonds. The van der Waals surface area contributed by atoms with Crippen molar-refractivity contribution in [2.45, 2.75) is 84.8 Å². The van der Waals surface area contributed by atoms with E-state index in [1.807, 2.05) is 32.9 Å². The lowest BCUT2D eigenvalue weighted by molar-refractivity contribution is -0.129. The molecule has 224 valence electrons. The van der Waals surface area contributed by atoms with Crippen LogP contribution >= 0.6 is 0 Å². The van der Waals surface area contributed by atoms with Gasteiger partial charge in [-0.1, -0.05) is 66.7 Å². The molecule has 2 aromatic rings. The minimum absolute atomic E-state index is 0.0559. The fraction of sp³-hybridized carbons (Fsp3) is 0.576. The Labute approximate surface area is 244 Å². The number of carbonyl (C=O) groups is 2. The molecule has 4 rings (SSSR count). The quantitative estimate of drug-likeness (QED) is 0.366. The molecule has 5 atom stereocenters. The van der Waals surface area contributed by atoms with Crippen molar-refractivity contribution in [3.05, 3.63) is 59.2 Å². The highest BCUT2D eigenvalue weighted by Crippen LogP contribution is 2.45. The molecule has 0 aromatic heterocycles. The maximum absolute atomic E-state index is 13.9. The molecule has 0 radical (unpaired) electrons. The number of nitrogens with one attached hydrogen (secondary N) is 1. The van der Waals surface area contributed by atoms with Crippen molar-refractivity contribution >= 4 is 12.0 Å². The van der Waals surface area contributed by atoms with E-state index in [0.717, 1.165) is 36.2 Å². The van der Waals surface area contributed by atoms with E-state index in [4.69, 9.17) is 0 Å². The highest BCUT2D eigenvalue weighted by atomic mass is 16.4. The van der Waals surface area contributed by atoms with Crippen LogP contribution in [0, 0.1) is 17.3 Å². The Kier molecular flexibility index (Phi) is 8.65. The van der Waals surface area contributed by atoms with Gasteiger partial charge in [0, 0.05) is 25.6 Å². The molecule has 8 nitrogen and oxygen atoms in total. The average molecular weight is 566 g/mol. The lowest BCUT2D eigenvalue weighted by Crippen LogP contribution is -2.60. The Balaban J connectivity index is 1.52. The van der Waals surface area contributed by atoms with Gasteiger partial charge >= 0.3 is 6.09 Å². The van der Waals surface area contributed by atoms with Crippen molar-refractivity contribution < 1.29 is 24.9 Å². The van der Waals surface area contributed by atoms with Crippen LogP contribution in [-0.4, -0.2) is 68.8 Å². The summed E-state index contributed by atoms with van der Waals surface area (Å²) in [6.45, 7) is 17.0. The maximum Gasteiger partial charge on any atom is 0.408 e. The zero-order chi connectivity index (χ0) is 30.3. The van der Waals surface area contributed by atoms with Gasteiger partial charge in [-0.15, -0.1) is 0 Å². The molecule has 0 saturated carbocycles. The van der Waals surface area contributed by atoms with Crippen LogP contribution in [0.3, 0.4) is 0 Å². The first kappa shape index (κ1) is 30.7. The zero-order valence-corrected chi connectivity index (χ0v) is 25.5. The molecular formula is C33H47N3O5. The van der Waals surface area contributed by atoms with E-state index in [-0.39, 0.29) is 41.2 Å². The van der Waals surface area contributed by atoms with Crippen LogP contribution in [0.1, 0.15) is 77.6 Å². The first-order valence-electron chi connectivity index (χ1n) is 14.8. The van der Waals surface area contributed by atoms with Gasteiger partial charge in [0.2, 0.25) is 5.91 Å². The minimum Gasteiger partial charge on any atom is -0.508 e. The molecule has 1 fully saturated rings. The van der Waals surface area contributed by atoms with Gasteiger partial charge in [0.25, 0.3) is 0 Å². The lowest BCUT2D eigenvalue weighted by atomic mass is 9.68. The number of likely N-dealkylation sites (tertiary alicyclic amines) is 1. The number of phenolic OH excluding ortho intramolecular Hbond substituents is 2. The topological polar surface area (TPSA) is 113 Å². The summed E-state index contributed by atoms with van der Waals surface area (Å²) in [5, 5.41) is 33.8. The van der Waals surface area contributed by atoms with Crippen LogP contribution in [-0.2, 0) is 16.6 Å². The van der Waals surface area contributed by atoms with Crippen molar-refractivity contribution in [1.82, 2.24) is 15.1 Å². The molecule has 0 spiro atoms. The standard InChI is InChI=1S/C33H47N3O5/c1-20(2)27(19-35-14-13-33(7,21(3)18-35)23-9-8-10-24(37)16-23)34-30(39)28-15-22-11-12-25(38)17-26(22)29(32(4,5)6)36(28)31(40)41/h8-12,16-17,20-21,27-29,37-38H,13-15,18-19H2,1-7H3,(H,34,39)(H,40,41)/t21-,27-,28+,29?,33+/m1/s1. The maximum atomic E-state index is 13.9. The highest BCUT2D eigenvalue weighted by Gasteiger charge is 2.47. The molecule has 1 unspecified atom stereocenters. The van der Waals surface area contributed by atoms with Crippen LogP contribution in [0.5, 0.6) is 11.5 Å². The zero-order valence-electron chi connectivity index (χ0n) is 25.5. The van der Waals surface area contributed by atoms with Gasteiger partial charge in [-0.3, -0.25) is 9.69 Å². The Morgan fingerprint density at radius 1 is 1.10 bits per heavy atom. The summed E-state index contributed by atoms with van der Waals surface area (Å²) in [5.41, 5.74) is 2.23. The van der Waals surface area contributed by atoms with Crippen LogP contribution in [0.2, 0.25) is 0 Å². The van der Waals surface area contributed by atoms with E-state index in [2.05, 4.69) is 44.0 Å². The number of nitrogens with zero attached hydrogens (tertiary/aromatic N) is 2. The second-order valence-corrected chi connectivity index (χ2v) is 13.8. The van der Waals surface area contributed by atoms with E-state index in [1.165, 1.54) is 4.90 Å². The monoisotopic (exact) mass is 565 g/mol. The smallest absolute Gasteiger partial charge is 0.408 e. The van der Waals surface area contributed by atoms with Crippen molar-refractivity contribution in [3.63, 3.8) is 0 Å². The number of rotatable bonds is 6. The fourth-order valence-corrected chi connectivity index (χ4v) is 6.76. The lowest BCUT2D eigenvalue weighted by Gasteiger charge is -2.47. The van der Waals surface area contributed by atoms with E-state index < -0.39 is 23.6 Å². The summed E-state index contributed by atoms with van der Waals surface area (Å²) in [4.78, 5) is 30.2. The third-order valence-electron chi connectivity index (χ3n) is 9.46. The minimum atomic E-state index is -1.14. The van der Waals surface area contributed by atoms with E-state index in [1.54, 1.807) is 24.3 Å². The number of piperidine rings is 1. The Hall–Kier alpha value is -3.26. The van der Waals surface area contributed by atoms with Crippen LogP contribution in [0.25, 0.3) is 0 Å². The Morgan fingerprint density at radius 2 is 1.78 bits per heavy atom. The van der Waals surface area contributed by atoms with E-state index in [9.17, 15) is 24.9 Å². The number of carbonyl (C=O) groups excluding carboxylic acids is 1. The van der Waals surface area contributed by atoms with Gasteiger partial charge < -0.3 is 25.5 Å². The molecule has 2 aliphatic rings. The molecular weight excluding hydrogens is 518 g/mol. The van der Waals surface area contributed by atoms with Crippen molar-refractivity contribution in [2.75, 3.05) is 19.6 Å². The van der Waals surface area contributed by atoms with Crippen molar-refractivity contribution in [3.8, 4) is 11.5 Å². The Bertz CT molecular complexity index is 1270. The number of aromatic hydroxyl groups is 2. The molecule has 2 heterocycles. The SMILES string of the molecule is CC(C)[C@@H](CN1CC[C@](C)(c2cccc(O)c2)[C@H](C)C1)NC(=O)[C@@H]1Cc2ccc(O)cc2C(C(C)(C)C)N1C(=O)O. The summed E-state index contributed by atoms with van der Waals surface area (Å²) in [7, 11) is 0. The van der Waals surface area contributed by atoms with Crippen LogP contribution in [0.4, 0.5) is 4.79 Å². The average Bonchev–Trinajstić information content (AvgIpc) is 2.88. The second kappa shape index (κ2) is 11.6. The third kappa shape index (κ3) is 6.32. The normalized spacial score (nSPS) is 26.0. The summed E-state index contributed by atoms with van der Waals surface area (Å²) in [6, 6.07) is 11.0. The predicted molar refractivity (Wildman–Crippen MR) is 160 cm³/mol. The summed E-state index contributed by atoms with van der Waals surface area (Å²) >= 11 is 0. The molecule has 0 aliphatic carbocycles. The molecule has 8 heteroatoms. The molecule has 1 saturated heterocycles. The number of fused-ring (bicyclic) bond motifs is 1. The van der Waals surface area contributed by atoms with E-state index in [0.29, 0.717) is 12.5 Å². The molecule has 0 bridgehead atoms. The van der Waals surface area contributed by atoms with E-state index >= 15 is 0 Å². The largest absolute Gasteiger partial charge is 0.508 e. The molecule has 2 aromatic carbocycles. The van der Waals surface area contributed by atoms with Crippen molar-refractivity contribution in [2.24, 2.45) is 17.3 Å². The van der Waals surface area contributed by atoms with Gasteiger partial charge in [-0.25, -0.2) is 4.79 Å².